The van der Waals surface area contributed by atoms with Gasteiger partial charge in [-0.05, 0) is 49.7 Å². The Hall–Kier alpha value is -3.20. The lowest BCUT2D eigenvalue weighted by Gasteiger charge is -2.12. The molecule has 0 N–H and O–H groups in total. The Morgan fingerprint density at radius 2 is 1.93 bits per heavy atom. The van der Waals surface area contributed by atoms with E-state index in [0.29, 0.717) is 11.4 Å². The van der Waals surface area contributed by atoms with Crippen LogP contribution in [-0.2, 0) is 11.3 Å². The van der Waals surface area contributed by atoms with Crippen molar-refractivity contribution in [2.75, 3.05) is 7.11 Å². The van der Waals surface area contributed by atoms with Gasteiger partial charge in [0.25, 0.3) is 0 Å². The van der Waals surface area contributed by atoms with Gasteiger partial charge < -0.3 is 14.2 Å². The summed E-state index contributed by atoms with van der Waals surface area (Å²) in [5.41, 5.74) is 2.10. The quantitative estimate of drug-likeness (QED) is 0.506. The molecule has 158 valence electrons. The van der Waals surface area contributed by atoms with Crippen molar-refractivity contribution < 1.29 is 27.8 Å². The van der Waals surface area contributed by atoms with Gasteiger partial charge in [-0.2, -0.15) is 13.9 Å². The molecule has 1 aromatic carbocycles. The molecule has 3 rings (SSSR count). The maximum absolute atomic E-state index is 12.5. The fourth-order valence-corrected chi connectivity index (χ4v) is 2.95. The minimum Gasteiger partial charge on any atom is -0.493 e. The van der Waals surface area contributed by atoms with Crippen LogP contribution in [0.25, 0.3) is 5.82 Å². The normalized spacial score (nSPS) is 10.9. The van der Waals surface area contributed by atoms with E-state index >= 15 is 0 Å². The van der Waals surface area contributed by atoms with Gasteiger partial charge in [-0.25, -0.2) is 14.5 Å². The molecular formula is C20H18ClF2N3O4. The van der Waals surface area contributed by atoms with Crippen molar-refractivity contribution in [3.8, 4) is 17.3 Å². The Bertz CT molecular complexity index is 1070. The van der Waals surface area contributed by atoms with Crippen LogP contribution in [-0.4, -0.2) is 34.5 Å². The Morgan fingerprint density at radius 3 is 2.57 bits per heavy atom. The van der Waals surface area contributed by atoms with Gasteiger partial charge in [-0.3, -0.25) is 0 Å². The molecule has 0 unspecified atom stereocenters. The van der Waals surface area contributed by atoms with E-state index in [9.17, 15) is 13.6 Å². The molecule has 0 saturated heterocycles. The molecule has 2 aromatic heterocycles. The molecule has 0 spiro atoms. The minimum absolute atomic E-state index is 0.0636. The zero-order valence-corrected chi connectivity index (χ0v) is 17.1. The van der Waals surface area contributed by atoms with Crippen LogP contribution in [0.3, 0.4) is 0 Å². The number of nitrogens with zero attached hydrogens (tertiary/aromatic N) is 3. The first kappa shape index (κ1) is 21.5. The zero-order valence-electron chi connectivity index (χ0n) is 16.4. The molecule has 0 fully saturated rings. The Labute approximate surface area is 176 Å². The van der Waals surface area contributed by atoms with Gasteiger partial charge in [0.05, 0.1) is 17.8 Å². The van der Waals surface area contributed by atoms with Gasteiger partial charge in [0.2, 0.25) is 0 Å². The van der Waals surface area contributed by atoms with Gasteiger partial charge in [0, 0.05) is 5.69 Å². The van der Waals surface area contributed by atoms with Gasteiger partial charge in [-0.1, -0.05) is 17.7 Å². The number of methoxy groups -OCH3 is 1. The standard InChI is InChI=1S/C20H18ClF2N3O4/c1-11-8-12(2)26(25-11)17-7-5-14(21)18(24-17)19(27)29-10-13-4-6-15(30-20(22)23)16(9-13)28-3/h4-9,20H,10H2,1-3H3. The first-order chi connectivity index (χ1) is 14.3. The van der Waals surface area contributed by atoms with Crippen LogP contribution in [0.15, 0.2) is 36.4 Å². The Morgan fingerprint density at radius 1 is 1.17 bits per heavy atom. The molecule has 0 saturated carbocycles. The van der Waals surface area contributed by atoms with E-state index in [4.69, 9.17) is 21.1 Å². The third-order valence-corrected chi connectivity index (χ3v) is 4.37. The first-order valence-corrected chi connectivity index (χ1v) is 9.15. The van der Waals surface area contributed by atoms with E-state index in [-0.39, 0.29) is 28.8 Å². The maximum atomic E-state index is 12.5. The number of aromatic nitrogens is 3. The number of alkyl halides is 2. The van der Waals surface area contributed by atoms with E-state index in [1.807, 2.05) is 19.9 Å². The topological polar surface area (TPSA) is 75.5 Å². The molecule has 3 aromatic rings. The fourth-order valence-electron chi connectivity index (χ4n) is 2.77. The van der Waals surface area contributed by atoms with Crippen molar-refractivity contribution in [3.63, 3.8) is 0 Å². The number of benzene rings is 1. The summed E-state index contributed by atoms with van der Waals surface area (Å²) in [5.74, 6) is -0.348. The van der Waals surface area contributed by atoms with Crippen LogP contribution < -0.4 is 9.47 Å². The molecular weight excluding hydrogens is 420 g/mol. The smallest absolute Gasteiger partial charge is 0.387 e. The molecule has 30 heavy (non-hydrogen) atoms. The number of rotatable bonds is 7. The summed E-state index contributed by atoms with van der Waals surface area (Å²) >= 11 is 6.12. The van der Waals surface area contributed by atoms with Gasteiger partial charge in [-0.15, -0.1) is 0 Å². The number of pyridine rings is 1. The molecule has 10 heteroatoms. The molecule has 0 radical (unpaired) electrons. The van der Waals surface area contributed by atoms with Crippen LogP contribution in [0.5, 0.6) is 11.5 Å². The summed E-state index contributed by atoms with van der Waals surface area (Å²) in [6.07, 6.45) is 0. The highest BCUT2D eigenvalue weighted by Crippen LogP contribution is 2.30. The number of ether oxygens (including phenoxy) is 3. The third-order valence-electron chi connectivity index (χ3n) is 4.07. The van der Waals surface area contributed by atoms with Crippen LogP contribution in [0, 0.1) is 13.8 Å². The predicted octanol–water partition coefficient (Wildman–Crippen LogP) is 4.50. The largest absolute Gasteiger partial charge is 0.493 e. The van der Waals surface area contributed by atoms with Crippen LogP contribution in [0.1, 0.15) is 27.4 Å². The number of hydrogen-bond donors (Lipinski definition) is 0. The molecule has 0 amide bonds. The lowest BCUT2D eigenvalue weighted by atomic mass is 10.2. The maximum Gasteiger partial charge on any atom is 0.387 e. The second kappa shape index (κ2) is 9.08. The highest BCUT2D eigenvalue weighted by Gasteiger charge is 2.18. The number of esters is 1. The monoisotopic (exact) mass is 437 g/mol. The van der Waals surface area contributed by atoms with Crippen molar-refractivity contribution in [1.29, 1.82) is 0 Å². The number of aryl methyl sites for hydroxylation is 2. The Balaban J connectivity index is 1.76. The number of carbonyl (C=O) groups is 1. The summed E-state index contributed by atoms with van der Waals surface area (Å²) in [7, 11) is 1.32. The first-order valence-electron chi connectivity index (χ1n) is 8.77. The van der Waals surface area contributed by atoms with Gasteiger partial charge in [0.15, 0.2) is 23.0 Å². The highest BCUT2D eigenvalue weighted by atomic mass is 35.5. The van der Waals surface area contributed by atoms with Crippen molar-refractivity contribution in [2.24, 2.45) is 0 Å². The van der Waals surface area contributed by atoms with E-state index in [1.165, 1.54) is 31.4 Å². The van der Waals surface area contributed by atoms with Crippen LogP contribution in [0.2, 0.25) is 5.02 Å². The summed E-state index contributed by atoms with van der Waals surface area (Å²) in [6.45, 7) is 0.584. The zero-order chi connectivity index (χ0) is 21.8. The molecule has 0 atom stereocenters. The number of carbonyl (C=O) groups excluding carboxylic acids is 1. The molecule has 7 nitrogen and oxygen atoms in total. The van der Waals surface area contributed by atoms with Crippen molar-refractivity contribution in [2.45, 2.75) is 27.1 Å². The van der Waals surface area contributed by atoms with Crippen LogP contribution in [0.4, 0.5) is 8.78 Å². The number of halogens is 3. The SMILES string of the molecule is COc1cc(COC(=O)c2nc(-n3nc(C)cc3C)ccc2Cl)ccc1OC(F)F. The molecule has 0 aliphatic heterocycles. The predicted molar refractivity (Wildman–Crippen MR) is 105 cm³/mol. The van der Waals surface area contributed by atoms with Gasteiger partial charge >= 0.3 is 12.6 Å². The average molecular weight is 438 g/mol. The highest BCUT2D eigenvalue weighted by molar-refractivity contribution is 6.33. The second-order valence-corrected chi connectivity index (χ2v) is 6.69. The second-order valence-electron chi connectivity index (χ2n) is 6.28. The summed E-state index contributed by atoms with van der Waals surface area (Å²) in [5, 5.41) is 4.46. The molecule has 0 aliphatic rings. The molecule has 0 aliphatic carbocycles. The van der Waals surface area contributed by atoms with E-state index in [0.717, 1.165) is 11.4 Å². The Kier molecular flexibility index (Phi) is 6.51. The van der Waals surface area contributed by atoms with Gasteiger partial charge in [0.1, 0.15) is 6.61 Å². The average Bonchev–Trinajstić information content (AvgIpc) is 3.04. The van der Waals surface area contributed by atoms with E-state index in [2.05, 4.69) is 14.8 Å². The lowest BCUT2D eigenvalue weighted by Crippen LogP contribution is -2.11. The summed E-state index contributed by atoms with van der Waals surface area (Å²) in [6, 6.07) is 9.29. The van der Waals surface area contributed by atoms with E-state index < -0.39 is 12.6 Å². The lowest BCUT2D eigenvalue weighted by molar-refractivity contribution is -0.0512. The molecule has 0 bridgehead atoms. The fraction of sp³-hybridized carbons (Fsp3) is 0.250. The van der Waals surface area contributed by atoms with Crippen molar-refractivity contribution in [1.82, 2.24) is 14.8 Å². The van der Waals surface area contributed by atoms with E-state index in [1.54, 1.807) is 10.7 Å². The van der Waals surface area contributed by atoms with Crippen LogP contribution >= 0.6 is 11.6 Å². The minimum atomic E-state index is -2.98. The summed E-state index contributed by atoms with van der Waals surface area (Å²) < 4.78 is 41.1. The van der Waals surface area contributed by atoms with Crippen molar-refractivity contribution >= 4 is 17.6 Å². The number of hydrogen-bond acceptors (Lipinski definition) is 6. The van der Waals surface area contributed by atoms with Crippen molar-refractivity contribution in [3.05, 3.63) is 64.1 Å². The third kappa shape index (κ3) is 4.85. The molecule has 2 heterocycles. The summed E-state index contributed by atoms with van der Waals surface area (Å²) in [4.78, 5) is 16.8.